The monoisotopic (exact) mass is 419 g/mol. The molecule has 6 heteroatoms. The fourth-order valence-electron chi connectivity index (χ4n) is 3.57. The number of carbonyl (C=O) groups is 1. The first-order valence-electron chi connectivity index (χ1n) is 10.5. The van der Waals surface area contributed by atoms with Crippen LogP contribution in [0, 0.1) is 23.0 Å². The van der Waals surface area contributed by atoms with Crippen LogP contribution in [0.1, 0.15) is 48.0 Å². The first kappa shape index (κ1) is 22.3. The molecule has 3 aromatic rings. The molecule has 0 saturated carbocycles. The number of amides is 1. The molecule has 0 unspecified atom stereocenters. The van der Waals surface area contributed by atoms with Crippen LogP contribution in [0.3, 0.4) is 0 Å². The summed E-state index contributed by atoms with van der Waals surface area (Å²) in [5.74, 6) is 0.0404. The number of rotatable bonds is 8. The average Bonchev–Trinajstić information content (AvgIpc) is 3.18. The molecule has 0 aliphatic carbocycles. The van der Waals surface area contributed by atoms with Gasteiger partial charge in [0.1, 0.15) is 0 Å². The Morgan fingerprint density at radius 2 is 1.77 bits per heavy atom. The van der Waals surface area contributed by atoms with Gasteiger partial charge in [-0.15, -0.1) is 0 Å². The van der Waals surface area contributed by atoms with E-state index in [2.05, 4.69) is 30.5 Å². The van der Waals surface area contributed by atoms with E-state index in [-0.39, 0.29) is 23.6 Å². The number of nitrogens with zero attached hydrogens (tertiary/aromatic N) is 3. The Morgan fingerprint density at radius 1 is 1.06 bits per heavy atom. The SMILES string of the molecule is Cc1ccc(C(=O)N(Cc2cccn2Cc2ccccc2)[C@H](C)C(C)C)cc1[N+](=O)[O-]. The van der Waals surface area contributed by atoms with Crippen molar-refractivity contribution in [3.05, 3.63) is 99.4 Å². The van der Waals surface area contributed by atoms with Gasteiger partial charge in [0.15, 0.2) is 0 Å². The van der Waals surface area contributed by atoms with Crippen molar-refractivity contribution in [2.45, 2.75) is 46.8 Å². The third-order valence-corrected chi connectivity index (χ3v) is 5.82. The smallest absolute Gasteiger partial charge is 0.273 e. The van der Waals surface area contributed by atoms with E-state index in [9.17, 15) is 14.9 Å². The van der Waals surface area contributed by atoms with E-state index >= 15 is 0 Å². The maximum Gasteiger partial charge on any atom is 0.273 e. The molecule has 0 saturated heterocycles. The van der Waals surface area contributed by atoms with E-state index in [1.54, 1.807) is 19.1 Å². The molecule has 1 atom stereocenters. The highest BCUT2D eigenvalue weighted by Crippen LogP contribution is 2.24. The Hall–Kier alpha value is -3.41. The number of aryl methyl sites for hydroxylation is 1. The molecule has 0 bridgehead atoms. The summed E-state index contributed by atoms with van der Waals surface area (Å²) in [6, 6.07) is 18.9. The molecule has 1 amide bonds. The molecular formula is C25H29N3O3. The maximum absolute atomic E-state index is 13.5. The van der Waals surface area contributed by atoms with Crippen molar-refractivity contribution in [2.75, 3.05) is 0 Å². The number of benzene rings is 2. The lowest BCUT2D eigenvalue weighted by Gasteiger charge is -2.32. The van der Waals surface area contributed by atoms with Crippen LogP contribution in [0.15, 0.2) is 66.9 Å². The van der Waals surface area contributed by atoms with Gasteiger partial charge in [0.2, 0.25) is 0 Å². The molecule has 6 nitrogen and oxygen atoms in total. The zero-order chi connectivity index (χ0) is 22.5. The quantitative estimate of drug-likeness (QED) is 0.361. The van der Waals surface area contributed by atoms with Crippen LogP contribution in [-0.2, 0) is 13.1 Å². The summed E-state index contributed by atoms with van der Waals surface area (Å²) >= 11 is 0. The number of hydrogen-bond donors (Lipinski definition) is 0. The summed E-state index contributed by atoms with van der Waals surface area (Å²) in [7, 11) is 0. The van der Waals surface area contributed by atoms with Gasteiger partial charge < -0.3 is 9.47 Å². The molecule has 162 valence electrons. The van der Waals surface area contributed by atoms with Crippen LogP contribution in [0.25, 0.3) is 0 Å². The van der Waals surface area contributed by atoms with Crippen LogP contribution >= 0.6 is 0 Å². The molecule has 0 radical (unpaired) electrons. The summed E-state index contributed by atoms with van der Waals surface area (Å²) in [4.78, 5) is 26.2. The van der Waals surface area contributed by atoms with Crippen molar-refractivity contribution < 1.29 is 9.72 Å². The highest BCUT2D eigenvalue weighted by atomic mass is 16.6. The van der Waals surface area contributed by atoms with Gasteiger partial charge in [-0.05, 0) is 43.5 Å². The predicted octanol–water partition coefficient (Wildman–Crippen LogP) is 5.44. The number of nitro groups is 1. The topological polar surface area (TPSA) is 68.4 Å². The summed E-state index contributed by atoms with van der Waals surface area (Å²) in [6.07, 6.45) is 2.02. The van der Waals surface area contributed by atoms with Crippen molar-refractivity contribution in [1.82, 2.24) is 9.47 Å². The molecular weight excluding hydrogens is 390 g/mol. The fraction of sp³-hybridized carbons (Fsp3) is 0.320. The van der Waals surface area contributed by atoms with E-state index in [0.29, 0.717) is 17.7 Å². The minimum absolute atomic E-state index is 0.0320. The maximum atomic E-state index is 13.5. The van der Waals surface area contributed by atoms with Gasteiger partial charge in [0.05, 0.1) is 11.5 Å². The minimum Gasteiger partial charge on any atom is -0.345 e. The van der Waals surface area contributed by atoms with E-state index in [1.165, 1.54) is 11.6 Å². The molecule has 0 N–H and O–H groups in total. The Morgan fingerprint density at radius 3 is 2.42 bits per heavy atom. The molecule has 31 heavy (non-hydrogen) atoms. The second-order valence-electron chi connectivity index (χ2n) is 8.29. The first-order valence-corrected chi connectivity index (χ1v) is 10.5. The van der Waals surface area contributed by atoms with Gasteiger partial charge in [-0.3, -0.25) is 14.9 Å². The van der Waals surface area contributed by atoms with E-state index < -0.39 is 4.92 Å². The number of carbonyl (C=O) groups excluding carboxylic acids is 1. The molecule has 0 aliphatic rings. The zero-order valence-corrected chi connectivity index (χ0v) is 18.5. The minimum atomic E-state index is -0.437. The molecule has 1 aromatic heterocycles. The van der Waals surface area contributed by atoms with Gasteiger partial charge >= 0.3 is 0 Å². The van der Waals surface area contributed by atoms with Crippen molar-refractivity contribution in [3.63, 3.8) is 0 Å². The van der Waals surface area contributed by atoms with Crippen LogP contribution in [0.5, 0.6) is 0 Å². The van der Waals surface area contributed by atoms with Crippen LogP contribution in [0.4, 0.5) is 5.69 Å². The normalized spacial score (nSPS) is 12.0. The van der Waals surface area contributed by atoms with Crippen LogP contribution in [0.2, 0.25) is 0 Å². The largest absolute Gasteiger partial charge is 0.345 e. The third-order valence-electron chi connectivity index (χ3n) is 5.82. The van der Waals surface area contributed by atoms with Gasteiger partial charge in [-0.25, -0.2) is 0 Å². The summed E-state index contributed by atoms with van der Waals surface area (Å²) < 4.78 is 2.14. The Kier molecular flexibility index (Phi) is 6.90. The first-order chi connectivity index (χ1) is 14.8. The Bertz CT molecular complexity index is 1060. The van der Waals surface area contributed by atoms with Crippen molar-refractivity contribution in [1.29, 1.82) is 0 Å². The highest BCUT2D eigenvalue weighted by molar-refractivity contribution is 5.95. The number of hydrogen-bond acceptors (Lipinski definition) is 3. The fourth-order valence-corrected chi connectivity index (χ4v) is 3.57. The zero-order valence-electron chi connectivity index (χ0n) is 18.5. The summed E-state index contributed by atoms with van der Waals surface area (Å²) in [5.41, 5.74) is 3.05. The van der Waals surface area contributed by atoms with Gasteiger partial charge in [0, 0.05) is 41.7 Å². The molecule has 2 aromatic carbocycles. The second kappa shape index (κ2) is 9.60. The van der Waals surface area contributed by atoms with Gasteiger partial charge in [0.25, 0.3) is 11.6 Å². The summed E-state index contributed by atoms with van der Waals surface area (Å²) in [5, 5.41) is 11.4. The van der Waals surface area contributed by atoms with Gasteiger partial charge in [-0.1, -0.05) is 50.2 Å². The lowest BCUT2D eigenvalue weighted by atomic mass is 10.0. The average molecular weight is 420 g/mol. The summed E-state index contributed by atoms with van der Waals surface area (Å²) in [6.45, 7) is 9.00. The molecule has 0 spiro atoms. The van der Waals surface area contributed by atoms with Crippen LogP contribution in [-0.4, -0.2) is 26.3 Å². The van der Waals surface area contributed by atoms with Crippen molar-refractivity contribution in [2.24, 2.45) is 5.92 Å². The van der Waals surface area contributed by atoms with E-state index in [4.69, 9.17) is 0 Å². The molecule has 0 fully saturated rings. The lowest BCUT2D eigenvalue weighted by molar-refractivity contribution is -0.385. The predicted molar refractivity (Wildman–Crippen MR) is 122 cm³/mol. The number of nitro benzene ring substituents is 1. The molecule has 0 aliphatic heterocycles. The number of aromatic nitrogens is 1. The van der Waals surface area contributed by atoms with E-state index in [0.717, 1.165) is 12.2 Å². The molecule has 3 rings (SSSR count). The Balaban J connectivity index is 1.91. The lowest BCUT2D eigenvalue weighted by Crippen LogP contribution is -2.41. The molecule has 1 heterocycles. The standard InChI is InChI=1S/C25H29N3O3/c1-18(2)20(4)27(25(29)22-13-12-19(3)24(15-22)28(30)31)17-23-11-8-14-26(23)16-21-9-6-5-7-10-21/h5-15,18,20H,16-17H2,1-4H3/t20-/m1/s1. The van der Waals surface area contributed by atoms with Crippen molar-refractivity contribution in [3.8, 4) is 0 Å². The van der Waals surface area contributed by atoms with Crippen LogP contribution < -0.4 is 0 Å². The van der Waals surface area contributed by atoms with Crippen molar-refractivity contribution >= 4 is 11.6 Å². The highest BCUT2D eigenvalue weighted by Gasteiger charge is 2.26. The second-order valence-corrected chi connectivity index (χ2v) is 8.29. The third kappa shape index (κ3) is 5.20. The van der Waals surface area contributed by atoms with Gasteiger partial charge in [-0.2, -0.15) is 0 Å². The Labute approximate surface area is 183 Å². The van der Waals surface area contributed by atoms with E-state index in [1.807, 2.05) is 48.4 Å².